The minimum atomic E-state index is -1.31. The summed E-state index contributed by atoms with van der Waals surface area (Å²) in [5.74, 6) is -0.134. The first-order chi connectivity index (χ1) is 9.69. The summed E-state index contributed by atoms with van der Waals surface area (Å²) in [6, 6.07) is 5.95. The zero-order valence-corrected chi connectivity index (χ0v) is 14.6. The van der Waals surface area contributed by atoms with Crippen LogP contribution in [0.1, 0.15) is 30.9 Å². The maximum absolute atomic E-state index is 12.0. The first-order valence-corrected chi connectivity index (χ1v) is 11.0. The van der Waals surface area contributed by atoms with Gasteiger partial charge in [0.2, 0.25) is 0 Å². The van der Waals surface area contributed by atoms with Crippen molar-refractivity contribution in [1.29, 1.82) is 0 Å². The monoisotopic (exact) mass is 303 g/mol. The Labute approximate surface area is 128 Å². The van der Waals surface area contributed by atoms with Gasteiger partial charge < -0.3 is 10.5 Å². The number of hydrogen-bond donors (Lipinski definition) is 1. The normalized spacial score (nSPS) is 17.5. The summed E-state index contributed by atoms with van der Waals surface area (Å²) in [6.45, 7) is 9.00. The van der Waals surface area contributed by atoms with Gasteiger partial charge in [-0.25, -0.2) is 0 Å². The van der Waals surface area contributed by atoms with Crippen molar-refractivity contribution in [3.05, 3.63) is 35.0 Å². The van der Waals surface area contributed by atoms with Crippen molar-refractivity contribution in [1.82, 2.24) is 0 Å². The number of benzene rings is 1. The van der Waals surface area contributed by atoms with E-state index in [9.17, 15) is 4.79 Å². The van der Waals surface area contributed by atoms with Gasteiger partial charge in [-0.1, -0.05) is 31.4 Å². The van der Waals surface area contributed by atoms with Gasteiger partial charge in [-0.05, 0) is 48.6 Å². The number of esters is 1. The first kappa shape index (κ1) is 15.8. The fourth-order valence-electron chi connectivity index (χ4n) is 2.85. The van der Waals surface area contributed by atoms with Gasteiger partial charge in [0.15, 0.2) is 0 Å². The van der Waals surface area contributed by atoms with Gasteiger partial charge in [-0.2, -0.15) is 0 Å². The van der Waals surface area contributed by atoms with E-state index >= 15 is 0 Å². The molecular formula is C17H25NO2Si. The number of ether oxygens (including phenoxy) is 1. The fraction of sp³-hybridized carbons (Fsp3) is 0.471. The Balaban J connectivity index is 2.44. The van der Waals surface area contributed by atoms with Crippen molar-refractivity contribution in [2.24, 2.45) is 0 Å². The van der Waals surface area contributed by atoms with Crippen molar-refractivity contribution < 1.29 is 9.53 Å². The number of methoxy groups -OCH3 is 1. The molecule has 0 aliphatic heterocycles. The molecule has 1 aliphatic rings. The van der Waals surface area contributed by atoms with E-state index in [-0.39, 0.29) is 5.97 Å². The summed E-state index contributed by atoms with van der Waals surface area (Å²) in [7, 11) is 0.144. The van der Waals surface area contributed by atoms with E-state index in [4.69, 9.17) is 10.5 Å². The number of carbonyl (C=O) groups excluding carboxylic acids is 1. The molecule has 0 aromatic heterocycles. The fourth-order valence-corrected chi connectivity index (χ4v) is 4.31. The van der Waals surface area contributed by atoms with Crippen LogP contribution in [0.2, 0.25) is 19.6 Å². The van der Waals surface area contributed by atoms with Crippen LogP contribution in [0.15, 0.2) is 23.9 Å². The molecule has 0 radical (unpaired) electrons. The molecule has 114 valence electrons. The van der Waals surface area contributed by atoms with Crippen LogP contribution >= 0.6 is 0 Å². The third-order valence-corrected chi connectivity index (χ3v) is 5.31. The van der Waals surface area contributed by atoms with Crippen molar-refractivity contribution in [2.75, 3.05) is 12.8 Å². The number of carbonyl (C=O) groups is 1. The molecule has 1 saturated carbocycles. The van der Waals surface area contributed by atoms with E-state index < -0.39 is 13.5 Å². The lowest BCUT2D eigenvalue weighted by molar-refractivity contribution is -0.143. The molecule has 0 atom stereocenters. The van der Waals surface area contributed by atoms with E-state index in [2.05, 4.69) is 38.3 Å². The Bertz CT molecular complexity index is 595. The van der Waals surface area contributed by atoms with Gasteiger partial charge >= 0.3 is 5.97 Å². The predicted octanol–water partition coefficient (Wildman–Crippen LogP) is 3.75. The highest BCUT2D eigenvalue weighted by atomic mass is 28.3. The second kappa shape index (κ2) is 5.33. The average Bonchev–Trinajstić information content (AvgIpc) is 3.17. The molecule has 1 aliphatic carbocycles. The van der Waals surface area contributed by atoms with E-state index in [1.165, 1.54) is 12.7 Å². The van der Waals surface area contributed by atoms with Crippen molar-refractivity contribution in [3.63, 3.8) is 0 Å². The molecule has 4 heteroatoms. The highest BCUT2D eigenvalue weighted by molar-refractivity contribution is 6.81. The number of allylic oxidation sites excluding steroid dienone is 1. The molecule has 1 aromatic rings. The van der Waals surface area contributed by atoms with Gasteiger partial charge in [0.25, 0.3) is 0 Å². The van der Waals surface area contributed by atoms with E-state index in [0.29, 0.717) is 0 Å². The van der Waals surface area contributed by atoms with Crippen LogP contribution in [0, 0.1) is 0 Å². The highest BCUT2D eigenvalue weighted by Crippen LogP contribution is 2.50. The van der Waals surface area contributed by atoms with Crippen LogP contribution in [0.25, 0.3) is 5.57 Å². The molecule has 1 fully saturated rings. The van der Waals surface area contributed by atoms with Gasteiger partial charge in [0.05, 0.1) is 20.6 Å². The Hall–Kier alpha value is -1.55. The first-order valence-electron chi connectivity index (χ1n) is 7.38. The molecule has 0 heterocycles. The van der Waals surface area contributed by atoms with Gasteiger partial charge in [0, 0.05) is 5.69 Å². The topological polar surface area (TPSA) is 52.3 Å². The number of nitrogens with two attached hydrogens (primary N) is 1. The van der Waals surface area contributed by atoms with Crippen LogP contribution in [-0.4, -0.2) is 21.2 Å². The molecule has 2 rings (SSSR count). The minimum Gasteiger partial charge on any atom is -0.468 e. The lowest BCUT2D eigenvalue weighted by atomic mass is 9.92. The van der Waals surface area contributed by atoms with E-state index in [0.717, 1.165) is 29.7 Å². The van der Waals surface area contributed by atoms with Crippen LogP contribution in [-0.2, 0) is 14.9 Å². The van der Waals surface area contributed by atoms with Crippen LogP contribution < -0.4 is 5.73 Å². The van der Waals surface area contributed by atoms with Crippen molar-refractivity contribution >= 4 is 25.3 Å². The Morgan fingerprint density at radius 2 is 1.95 bits per heavy atom. The summed E-state index contributed by atoms with van der Waals surface area (Å²) in [4.78, 5) is 12.0. The molecule has 0 spiro atoms. The van der Waals surface area contributed by atoms with Crippen LogP contribution in [0.4, 0.5) is 5.69 Å². The second-order valence-electron chi connectivity index (χ2n) is 7.07. The zero-order chi connectivity index (χ0) is 15.8. The maximum atomic E-state index is 12.0. The summed E-state index contributed by atoms with van der Waals surface area (Å²) < 4.78 is 4.97. The number of rotatable bonds is 4. The molecule has 2 N–H and O–H groups in total. The highest BCUT2D eigenvalue weighted by Gasteiger charge is 2.52. The lowest BCUT2D eigenvalue weighted by Gasteiger charge is -2.17. The smallest absolute Gasteiger partial charge is 0.316 e. The molecule has 0 saturated heterocycles. The maximum Gasteiger partial charge on any atom is 0.316 e. The second-order valence-corrected chi connectivity index (χ2v) is 12.1. The van der Waals surface area contributed by atoms with Crippen LogP contribution in [0.3, 0.4) is 0 Å². The van der Waals surface area contributed by atoms with Crippen molar-refractivity contribution in [2.45, 2.75) is 44.8 Å². The van der Waals surface area contributed by atoms with Crippen molar-refractivity contribution in [3.8, 4) is 0 Å². The zero-order valence-electron chi connectivity index (χ0n) is 13.6. The molecule has 1 aromatic carbocycles. The predicted molar refractivity (Wildman–Crippen MR) is 90.8 cm³/mol. The summed E-state index contributed by atoms with van der Waals surface area (Å²) >= 11 is 0. The number of nitrogen functional groups attached to an aromatic ring is 1. The van der Waals surface area contributed by atoms with Crippen LogP contribution in [0.5, 0.6) is 0 Å². The number of hydrogen-bond acceptors (Lipinski definition) is 3. The number of anilines is 1. The summed E-state index contributed by atoms with van der Waals surface area (Å²) in [5, 5.41) is 0. The molecule has 0 bridgehead atoms. The average molecular weight is 303 g/mol. The molecule has 0 amide bonds. The van der Waals surface area contributed by atoms with Gasteiger partial charge in [-0.15, -0.1) is 0 Å². The Kier molecular flexibility index (Phi) is 4.02. The molecule has 3 nitrogen and oxygen atoms in total. The minimum absolute atomic E-state index is 0.134. The molecule has 0 unspecified atom stereocenters. The largest absolute Gasteiger partial charge is 0.468 e. The van der Waals surface area contributed by atoms with Gasteiger partial charge in [-0.3, -0.25) is 4.79 Å². The third-order valence-electron chi connectivity index (χ3n) is 4.01. The Morgan fingerprint density at radius 3 is 2.43 bits per heavy atom. The third kappa shape index (κ3) is 3.21. The lowest BCUT2D eigenvalue weighted by Crippen LogP contribution is -2.22. The standard InChI is InChI=1S/C17H25NO2Si/c1-12(11-21(3,4)5)14-10-13(6-7-15(14)18)17(8-9-17)16(19)20-2/h6-7,10-11H,8-9,18H2,1-5H3/b12-11-. The summed E-state index contributed by atoms with van der Waals surface area (Å²) in [6.07, 6.45) is 1.72. The van der Waals surface area contributed by atoms with E-state index in [1.807, 2.05) is 12.1 Å². The molecule has 21 heavy (non-hydrogen) atoms. The van der Waals surface area contributed by atoms with E-state index in [1.54, 1.807) is 0 Å². The SMILES string of the molecule is COC(=O)C1(c2ccc(N)c(/C(C)=C\[Si](C)(C)C)c2)CC1. The molecular weight excluding hydrogens is 278 g/mol. The summed E-state index contributed by atoms with van der Waals surface area (Å²) in [5.41, 5.74) is 12.1. The van der Waals surface area contributed by atoms with Gasteiger partial charge in [0.1, 0.15) is 0 Å². The Morgan fingerprint density at radius 1 is 1.33 bits per heavy atom. The quantitative estimate of drug-likeness (QED) is 0.523.